The van der Waals surface area contributed by atoms with E-state index in [1.807, 2.05) is 6.92 Å². The molecule has 3 N–H and O–H groups in total. The van der Waals surface area contributed by atoms with E-state index in [2.05, 4.69) is 5.32 Å². The summed E-state index contributed by atoms with van der Waals surface area (Å²) in [5, 5.41) is 2.54. The number of nitrogens with zero attached hydrogens (tertiary/aromatic N) is 1. The van der Waals surface area contributed by atoms with Crippen LogP contribution in [0.25, 0.3) is 0 Å². The number of nitrogens with one attached hydrogen (secondary N) is 1. The molecule has 19 heavy (non-hydrogen) atoms. The van der Waals surface area contributed by atoms with Crippen LogP contribution in [0.15, 0.2) is 0 Å². The summed E-state index contributed by atoms with van der Waals surface area (Å²) in [5.41, 5.74) is 4.78. The third kappa shape index (κ3) is 3.03. The number of hydrogen-bond donors (Lipinski definition) is 2. The molecule has 0 aromatic heterocycles. The minimum absolute atomic E-state index is 0.155. The lowest BCUT2D eigenvalue weighted by Gasteiger charge is -2.39. The van der Waals surface area contributed by atoms with Gasteiger partial charge in [-0.1, -0.05) is 19.1 Å². The van der Waals surface area contributed by atoms with Crippen molar-refractivity contribution in [1.82, 2.24) is 10.2 Å². The van der Waals surface area contributed by atoms with Crippen molar-refractivity contribution < 1.29 is 14.3 Å². The van der Waals surface area contributed by atoms with Crippen LogP contribution in [-0.4, -0.2) is 54.6 Å². The lowest BCUT2D eigenvalue weighted by Crippen LogP contribution is -2.60. The molecule has 108 valence electrons. The van der Waals surface area contributed by atoms with Gasteiger partial charge in [-0.3, -0.25) is 9.59 Å². The second-order valence-corrected chi connectivity index (χ2v) is 5.19. The SMILES string of the molecule is CCC(C)(C(=O)N1CCOCC1C(=O)NC)C(N)=S. The zero-order chi connectivity index (χ0) is 14.6. The predicted octanol–water partition coefficient (Wildman–Crippen LogP) is -0.338. The Morgan fingerprint density at radius 2 is 2.21 bits per heavy atom. The normalized spacial score (nSPS) is 22.5. The fourth-order valence-corrected chi connectivity index (χ4v) is 2.21. The topological polar surface area (TPSA) is 84.7 Å². The van der Waals surface area contributed by atoms with E-state index in [4.69, 9.17) is 22.7 Å². The van der Waals surface area contributed by atoms with Crippen LogP contribution < -0.4 is 11.1 Å². The molecule has 7 heteroatoms. The third-order valence-electron chi connectivity index (χ3n) is 3.66. The van der Waals surface area contributed by atoms with E-state index in [9.17, 15) is 9.59 Å². The quantitative estimate of drug-likeness (QED) is 0.691. The Hall–Kier alpha value is -1.21. The molecule has 1 rings (SSSR count). The van der Waals surface area contributed by atoms with Gasteiger partial charge in [-0.15, -0.1) is 0 Å². The minimum atomic E-state index is -0.918. The monoisotopic (exact) mass is 287 g/mol. The fourth-order valence-electron chi connectivity index (χ4n) is 1.98. The summed E-state index contributed by atoms with van der Waals surface area (Å²) in [6.45, 7) is 4.55. The van der Waals surface area contributed by atoms with Crippen LogP contribution in [0, 0.1) is 5.41 Å². The first-order chi connectivity index (χ1) is 8.88. The van der Waals surface area contributed by atoms with E-state index in [0.717, 1.165) is 0 Å². The molecule has 2 atom stereocenters. The van der Waals surface area contributed by atoms with Gasteiger partial charge in [0.2, 0.25) is 11.8 Å². The molecule has 2 amide bonds. The maximum Gasteiger partial charge on any atom is 0.244 e. The number of hydrogen-bond acceptors (Lipinski definition) is 4. The first-order valence-electron chi connectivity index (χ1n) is 6.28. The lowest BCUT2D eigenvalue weighted by atomic mass is 9.85. The van der Waals surface area contributed by atoms with Gasteiger partial charge in [0.25, 0.3) is 0 Å². The van der Waals surface area contributed by atoms with Crippen molar-refractivity contribution in [3.8, 4) is 0 Å². The van der Waals surface area contributed by atoms with E-state index in [-0.39, 0.29) is 23.4 Å². The molecule has 2 unspecified atom stereocenters. The van der Waals surface area contributed by atoms with Crippen LogP contribution in [0.5, 0.6) is 0 Å². The molecule has 1 heterocycles. The molecule has 1 fully saturated rings. The van der Waals surface area contributed by atoms with Gasteiger partial charge in [0.15, 0.2) is 0 Å². The van der Waals surface area contributed by atoms with Gasteiger partial charge in [-0.2, -0.15) is 0 Å². The number of nitrogens with two attached hydrogens (primary N) is 1. The number of carbonyl (C=O) groups excluding carboxylic acids is 2. The molecule has 0 radical (unpaired) electrons. The summed E-state index contributed by atoms with van der Waals surface area (Å²) < 4.78 is 5.27. The van der Waals surface area contributed by atoms with Crippen molar-refractivity contribution in [3.63, 3.8) is 0 Å². The van der Waals surface area contributed by atoms with Crippen molar-refractivity contribution in [3.05, 3.63) is 0 Å². The van der Waals surface area contributed by atoms with Crippen molar-refractivity contribution in [2.24, 2.45) is 11.1 Å². The average molecular weight is 287 g/mol. The number of ether oxygens (including phenoxy) is 1. The van der Waals surface area contributed by atoms with E-state index in [1.165, 1.54) is 11.9 Å². The molecule has 6 nitrogen and oxygen atoms in total. The zero-order valence-electron chi connectivity index (χ0n) is 11.6. The Kier molecular flexibility index (Phi) is 5.25. The Morgan fingerprint density at radius 3 is 2.68 bits per heavy atom. The van der Waals surface area contributed by atoms with Crippen molar-refractivity contribution in [1.29, 1.82) is 0 Å². The highest BCUT2D eigenvalue weighted by Gasteiger charge is 2.43. The second-order valence-electron chi connectivity index (χ2n) is 4.75. The molecule has 0 bridgehead atoms. The lowest BCUT2D eigenvalue weighted by molar-refractivity contribution is -0.153. The number of morpholine rings is 1. The smallest absolute Gasteiger partial charge is 0.244 e. The van der Waals surface area contributed by atoms with Crippen molar-refractivity contribution in [2.75, 3.05) is 26.8 Å². The fraction of sp³-hybridized carbons (Fsp3) is 0.750. The van der Waals surface area contributed by atoms with Gasteiger partial charge in [-0.25, -0.2) is 0 Å². The van der Waals surface area contributed by atoms with Crippen LogP contribution in [-0.2, 0) is 14.3 Å². The van der Waals surface area contributed by atoms with Crippen LogP contribution in [0.2, 0.25) is 0 Å². The maximum atomic E-state index is 12.6. The number of likely N-dealkylation sites (N-methyl/N-ethyl adjacent to an activating group) is 1. The highest BCUT2D eigenvalue weighted by molar-refractivity contribution is 7.80. The third-order valence-corrected chi connectivity index (χ3v) is 4.11. The average Bonchev–Trinajstić information content (AvgIpc) is 2.44. The van der Waals surface area contributed by atoms with Gasteiger partial charge in [0, 0.05) is 13.6 Å². The molecule has 1 saturated heterocycles. The Morgan fingerprint density at radius 1 is 1.58 bits per heavy atom. The summed E-state index contributed by atoms with van der Waals surface area (Å²) >= 11 is 5.01. The maximum absolute atomic E-state index is 12.6. The molecule has 1 aliphatic heterocycles. The first kappa shape index (κ1) is 15.8. The first-order valence-corrected chi connectivity index (χ1v) is 6.69. The summed E-state index contributed by atoms with van der Waals surface area (Å²) in [6, 6.07) is -0.619. The van der Waals surface area contributed by atoms with Gasteiger partial charge < -0.3 is 20.7 Å². The summed E-state index contributed by atoms with van der Waals surface area (Å²) in [5.74, 6) is -0.450. The van der Waals surface area contributed by atoms with Gasteiger partial charge in [0.05, 0.1) is 23.6 Å². The largest absolute Gasteiger partial charge is 0.392 e. The molecule has 0 aromatic carbocycles. The Bertz CT molecular complexity index is 388. The number of thiocarbonyl (C=S) groups is 1. The summed E-state index contributed by atoms with van der Waals surface area (Å²) in [6.07, 6.45) is 0.499. The molecule has 0 saturated carbocycles. The van der Waals surface area contributed by atoms with Gasteiger partial charge in [0.1, 0.15) is 6.04 Å². The van der Waals surface area contributed by atoms with E-state index in [1.54, 1.807) is 6.92 Å². The number of amides is 2. The standard InChI is InChI=1S/C12H21N3O3S/c1-4-12(2,10(13)19)11(17)15-5-6-18-7-8(15)9(16)14-3/h8H,4-7H2,1-3H3,(H2,13,19)(H,14,16). The van der Waals surface area contributed by atoms with Crippen molar-refractivity contribution in [2.45, 2.75) is 26.3 Å². The minimum Gasteiger partial charge on any atom is -0.392 e. The van der Waals surface area contributed by atoms with Crippen molar-refractivity contribution >= 4 is 29.0 Å². The van der Waals surface area contributed by atoms with Crippen LogP contribution in [0.3, 0.4) is 0 Å². The summed E-state index contributed by atoms with van der Waals surface area (Å²) in [7, 11) is 1.53. The van der Waals surface area contributed by atoms with Gasteiger partial charge in [-0.05, 0) is 13.3 Å². The van der Waals surface area contributed by atoms with Crippen LogP contribution in [0.1, 0.15) is 20.3 Å². The Balaban J connectivity index is 3.00. The zero-order valence-corrected chi connectivity index (χ0v) is 12.4. The molecular weight excluding hydrogens is 266 g/mol. The Labute approximate surface area is 118 Å². The molecule has 0 aromatic rings. The highest BCUT2D eigenvalue weighted by atomic mass is 32.1. The van der Waals surface area contributed by atoms with Crippen LogP contribution >= 0.6 is 12.2 Å². The van der Waals surface area contributed by atoms with Gasteiger partial charge >= 0.3 is 0 Å². The molecule has 1 aliphatic rings. The van der Waals surface area contributed by atoms with E-state index < -0.39 is 11.5 Å². The van der Waals surface area contributed by atoms with E-state index in [0.29, 0.717) is 19.6 Å². The highest BCUT2D eigenvalue weighted by Crippen LogP contribution is 2.26. The number of carbonyl (C=O) groups is 2. The second kappa shape index (κ2) is 6.29. The molecule has 0 aliphatic carbocycles. The molecular formula is C12H21N3O3S. The number of rotatable bonds is 4. The summed E-state index contributed by atoms with van der Waals surface area (Å²) in [4.78, 5) is 26.1. The molecule has 0 spiro atoms. The van der Waals surface area contributed by atoms with E-state index >= 15 is 0 Å². The predicted molar refractivity (Wildman–Crippen MR) is 75.6 cm³/mol. The van der Waals surface area contributed by atoms with Crippen LogP contribution in [0.4, 0.5) is 0 Å².